The lowest BCUT2D eigenvalue weighted by Crippen LogP contribution is -2.24. The topological polar surface area (TPSA) is 61.8 Å². The van der Waals surface area contributed by atoms with Gasteiger partial charge in [0, 0.05) is 11.1 Å². The largest absolute Gasteiger partial charge is 0.482 e. The van der Waals surface area contributed by atoms with Gasteiger partial charge in [0.15, 0.2) is 6.61 Å². The van der Waals surface area contributed by atoms with Crippen molar-refractivity contribution in [2.75, 3.05) is 13.7 Å². The molecule has 0 N–H and O–H groups in total. The van der Waals surface area contributed by atoms with E-state index in [1.807, 2.05) is 13.8 Å². The van der Waals surface area contributed by atoms with Gasteiger partial charge in [0.1, 0.15) is 11.9 Å². The van der Waals surface area contributed by atoms with Gasteiger partial charge in [0.25, 0.3) is 0 Å². The first-order valence-corrected chi connectivity index (χ1v) is 9.59. The predicted octanol–water partition coefficient (Wildman–Crippen LogP) is 5.05. The standard InChI is InChI=1S/C22H29ClO5/c1-15(2)19(11-9-16(3)7-6-8-21(24)26-5)28-22(25)14-27-20-12-10-18(23)13-17(20)4/h6,8,10,12-13,16,19H,1,7,9,11,14H2,2-5H3/b8-6+. The molecule has 28 heavy (non-hydrogen) atoms. The van der Waals surface area contributed by atoms with Gasteiger partial charge in [-0.25, -0.2) is 9.59 Å². The summed E-state index contributed by atoms with van der Waals surface area (Å²) in [5.74, 6) is 0.117. The van der Waals surface area contributed by atoms with Gasteiger partial charge in [-0.3, -0.25) is 0 Å². The number of hydrogen-bond acceptors (Lipinski definition) is 5. The Balaban J connectivity index is 2.46. The molecule has 6 heteroatoms. The molecule has 5 nitrogen and oxygen atoms in total. The summed E-state index contributed by atoms with van der Waals surface area (Å²) in [5.41, 5.74) is 1.64. The van der Waals surface area contributed by atoms with Crippen molar-refractivity contribution in [2.45, 2.75) is 46.1 Å². The van der Waals surface area contributed by atoms with Crippen LogP contribution < -0.4 is 4.74 Å². The van der Waals surface area contributed by atoms with E-state index in [1.54, 1.807) is 24.3 Å². The van der Waals surface area contributed by atoms with Crippen LogP contribution in [0, 0.1) is 12.8 Å². The highest BCUT2D eigenvalue weighted by molar-refractivity contribution is 6.30. The molecule has 2 unspecified atom stereocenters. The third-order valence-corrected chi connectivity index (χ3v) is 4.46. The molecule has 1 aromatic carbocycles. The van der Waals surface area contributed by atoms with Gasteiger partial charge in [-0.15, -0.1) is 0 Å². The number of methoxy groups -OCH3 is 1. The second kappa shape index (κ2) is 12.2. The number of rotatable bonds is 11. The van der Waals surface area contributed by atoms with Gasteiger partial charge in [-0.1, -0.05) is 31.2 Å². The van der Waals surface area contributed by atoms with E-state index in [2.05, 4.69) is 18.2 Å². The Labute approximate surface area is 172 Å². The molecule has 1 rings (SSSR count). The fourth-order valence-corrected chi connectivity index (χ4v) is 2.76. The van der Waals surface area contributed by atoms with E-state index in [-0.39, 0.29) is 18.7 Å². The molecule has 0 fully saturated rings. The van der Waals surface area contributed by atoms with Crippen LogP contribution in [0.15, 0.2) is 42.5 Å². The Hall–Kier alpha value is -2.27. The summed E-state index contributed by atoms with van der Waals surface area (Å²) in [7, 11) is 1.35. The molecule has 2 atom stereocenters. The molecule has 0 heterocycles. The molecule has 0 aliphatic rings. The Morgan fingerprint density at radius 3 is 2.61 bits per heavy atom. The summed E-state index contributed by atoms with van der Waals surface area (Å²) in [5, 5.41) is 0.616. The highest BCUT2D eigenvalue weighted by Gasteiger charge is 2.17. The molecule has 0 aliphatic carbocycles. The normalized spacial score (nSPS) is 13.0. The maximum absolute atomic E-state index is 12.2. The summed E-state index contributed by atoms with van der Waals surface area (Å²) in [6, 6.07) is 5.21. The maximum atomic E-state index is 12.2. The molecule has 0 aliphatic heterocycles. The average molecular weight is 409 g/mol. The van der Waals surface area contributed by atoms with Gasteiger partial charge in [0.2, 0.25) is 0 Å². The van der Waals surface area contributed by atoms with Crippen LogP contribution in [0.1, 0.15) is 38.7 Å². The van der Waals surface area contributed by atoms with Gasteiger partial charge < -0.3 is 14.2 Å². The Morgan fingerprint density at radius 2 is 2.00 bits per heavy atom. The molecule has 0 aromatic heterocycles. The van der Waals surface area contributed by atoms with E-state index in [4.69, 9.17) is 21.1 Å². The number of aryl methyl sites for hydroxylation is 1. The van der Waals surface area contributed by atoms with Crippen molar-refractivity contribution < 1.29 is 23.8 Å². The van der Waals surface area contributed by atoms with Crippen LogP contribution in [-0.4, -0.2) is 31.8 Å². The molecular formula is C22H29ClO5. The number of allylic oxidation sites excluding steroid dienone is 1. The van der Waals surface area contributed by atoms with Crippen molar-refractivity contribution in [3.63, 3.8) is 0 Å². The summed E-state index contributed by atoms with van der Waals surface area (Å²) in [6.45, 7) is 9.51. The fraction of sp³-hybridized carbons (Fsp3) is 0.455. The van der Waals surface area contributed by atoms with Gasteiger partial charge in [-0.05, 0) is 68.4 Å². The Kier molecular flexibility index (Phi) is 10.4. The average Bonchev–Trinajstić information content (AvgIpc) is 2.63. The van der Waals surface area contributed by atoms with Crippen molar-refractivity contribution in [2.24, 2.45) is 5.92 Å². The zero-order chi connectivity index (χ0) is 21.1. The second-order valence-electron chi connectivity index (χ2n) is 6.87. The molecule has 1 aromatic rings. The lowest BCUT2D eigenvalue weighted by Gasteiger charge is -2.20. The van der Waals surface area contributed by atoms with E-state index in [0.29, 0.717) is 23.1 Å². The fourth-order valence-electron chi connectivity index (χ4n) is 2.53. The van der Waals surface area contributed by atoms with Crippen molar-refractivity contribution in [1.82, 2.24) is 0 Å². The number of hydrogen-bond donors (Lipinski definition) is 0. The van der Waals surface area contributed by atoms with Crippen molar-refractivity contribution in [3.8, 4) is 5.75 Å². The van der Waals surface area contributed by atoms with Crippen LogP contribution in [0.25, 0.3) is 0 Å². The van der Waals surface area contributed by atoms with Crippen molar-refractivity contribution in [1.29, 1.82) is 0 Å². The van der Waals surface area contributed by atoms with Gasteiger partial charge in [-0.2, -0.15) is 0 Å². The van der Waals surface area contributed by atoms with Gasteiger partial charge >= 0.3 is 11.9 Å². The molecule has 0 spiro atoms. The van der Waals surface area contributed by atoms with E-state index < -0.39 is 5.97 Å². The number of ether oxygens (including phenoxy) is 3. The molecule has 0 amide bonds. The Bertz CT molecular complexity index is 711. The lowest BCUT2D eigenvalue weighted by atomic mass is 9.97. The van der Waals surface area contributed by atoms with E-state index in [1.165, 1.54) is 13.2 Å². The minimum atomic E-state index is -0.444. The second-order valence-corrected chi connectivity index (χ2v) is 7.30. The lowest BCUT2D eigenvalue weighted by molar-refractivity contribution is -0.150. The van der Waals surface area contributed by atoms with E-state index in [0.717, 1.165) is 24.0 Å². The van der Waals surface area contributed by atoms with Crippen LogP contribution >= 0.6 is 11.6 Å². The molecule has 0 saturated carbocycles. The summed E-state index contributed by atoms with van der Waals surface area (Å²) in [4.78, 5) is 23.2. The van der Waals surface area contributed by atoms with Crippen LogP contribution in [0.4, 0.5) is 0 Å². The van der Waals surface area contributed by atoms with Crippen LogP contribution in [0.5, 0.6) is 5.75 Å². The van der Waals surface area contributed by atoms with E-state index in [9.17, 15) is 9.59 Å². The molecular weight excluding hydrogens is 380 g/mol. The number of halogens is 1. The number of esters is 2. The van der Waals surface area contributed by atoms with Gasteiger partial charge in [0.05, 0.1) is 7.11 Å². The molecule has 0 bridgehead atoms. The van der Waals surface area contributed by atoms with Crippen LogP contribution in [0.3, 0.4) is 0 Å². The minimum absolute atomic E-state index is 0.177. The smallest absolute Gasteiger partial charge is 0.344 e. The van der Waals surface area contributed by atoms with Crippen molar-refractivity contribution in [3.05, 3.63) is 53.1 Å². The van der Waals surface area contributed by atoms with Crippen molar-refractivity contribution >= 4 is 23.5 Å². The summed E-state index contributed by atoms with van der Waals surface area (Å²) >= 11 is 5.91. The zero-order valence-corrected chi connectivity index (χ0v) is 17.8. The third kappa shape index (κ3) is 9.09. The highest BCUT2D eigenvalue weighted by atomic mass is 35.5. The van der Waals surface area contributed by atoms with Crippen LogP contribution in [0.2, 0.25) is 5.02 Å². The molecule has 0 saturated heterocycles. The minimum Gasteiger partial charge on any atom is -0.482 e. The first-order valence-electron chi connectivity index (χ1n) is 9.21. The number of carbonyl (C=O) groups excluding carboxylic acids is 2. The molecule has 0 radical (unpaired) electrons. The highest BCUT2D eigenvalue weighted by Crippen LogP contribution is 2.22. The third-order valence-electron chi connectivity index (χ3n) is 4.22. The predicted molar refractivity (Wildman–Crippen MR) is 111 cm³/mol. The maximum Gasteiger partial charge on any atom is 0.344 e. The summed E-state index contributed by atoms with van der Waals surface area (Å²) in [6.07, 6.45) is 5.07. The number of benzene rings is 1. The SMILES string of the molecule is C=C(C)C(CCC(C)C/C=C/C(=O)OC)OC(=O)COc1ccc(Cl)cc1C. The first-order chi connectivity index (χ1) is 13.2. The van der Waals surface area contributed by atoms with E-state index >= 15 is 0 Å². The first kappa shape index (κ1) is 23.8. The van der Waals surface area contributed by atoms with Crippen LogP contribution in [-0.2, 0) is 19.1 Å². The molecule has 154 valence electrons. The zero-order valence-electron chi connectivity index (χ0n) is 17.0. The number of carbonyl (C=O) groups is 2. The quantitative estimate of drug-likeness (QED) is 0.291. The Morgan fingerprint density at radius 1 is 1.29 bits per heavy atom. The summed E-state index contributed by atoms with van der Waals surface area (Å²) < 4.78 is 15.6. The monoisotopic (exact) mass is 408 g/mol.